The van der Waals surface area contributed by atoms with E-state index in [1.54, 1.807) is 6.92 Å². The largest absolute Gasteiger partial charge is 0.336 e. The van der Waals surface area contributed by atoms with Gasteiger partial charge in [-0.2, -0.15) is 0 Å². The third-order valence-corrected chi connectivity index (χ3v) is 6.19. The van der Waals surface area contributed by atoms with Crippen LogP contribution in [0.2, 0.25) is 0 Å². The molecule has 3 atom stereocenters. The highest BCUT2D eigenvalue weighted by atomic mass is 16.2. The normalized spacial score (nSPS) is 21.7. The Morgan fingerprint density at radius 1 is 1.13 bits per heavy atom. The van der Waals surface area contributed by atoms with Crippen LogP contribution in [0.15, 0.2) is 30.3 Å². The Balaban J connectivity index is 2.13. The van der Waals surface area contributed by atoms with Crippen LogP contribution in [0.3, 0.4) is 0 Å². The first-order chi connectivity index (χ1) is 14.7. The molecule has 0 unspecified atom stereocenters. The fraction of sp³-hybridized carbons (Fsp3) is 0.625. The van der Waals surface area contributed by atoms with Crippen LogP contribution in [0.1, 0.15) is 32.3 Å². The number of carbonyl (C=O) groups excluding carboxylic acids is 3. The second kappa shape index (κ2) is 12.0. The average molecular weight is 431 g/mol. The zero-order valence-electron chi connectivity index (χ0n) is 19.6. The number of likely N-dealkylation sites (tertiary alicyclic amines) is 1. The van der Waals surface area contributed by atoms with Gasteiger partial charge in [0.05, 0.1) is 5.92 Å². The number of likely N-dealkylation sites (N-methyl/N-ethyl adjacent to an activating group) is 1. The molecular weight excluding hydrogens is 392 g/mol. The first-order valence-electron chi connectivity index (χ1n) is 11.2. The summed E-state index contributed by atoms with van der Waals surface area (Å²) in [5, 5.41) is 2.89. The minimum absolute atomic E-state index is 0.123. The first kappa shape index (κ1) is 25.0. The fourth-order valence-corrected chi connectivity index (χ4v) is 4.21. The fourth-order valence-electron chi connectivity index (χ4n) is 4.21. The number of nitrogens with zero attached hydrogens (tertiary/aromatic N) is 3. The van der Waals surface area contributed by atoms with Gasteiger partial charge < -0.3 is 19.9 Å². The lowest BCUT2D eigenvalue weighted by atomic mass is 9.80. The molecule has 1 aromatic rings. The van der Waals surface area contributed by atoms with E-state index >= 15 is 0 Å². The van der Waals surface area contributed by atoms with E-state index in [1.807, 2.05) is 56.4 Å². The molecule has 1 aliphatic heterocycles. The Morgan fingerprint density at radius 2 is 1.81 bits per heavy atom. The molecule has 0 aliphatic carbocycles. The Labute approximate surface area is 186 Å². The molecule has 7 heteroatoms. The number of piperidine rings is 1. The van der Waals surface area contributed by atoms with Crippen molar-refractivity contribution in [1.29, 1.82) is 0 Å². The number of Topliss-reactive ketones (excluding diaryl/α,β-unsaturated/α-hetero) is 1. The molecule has 2 rings (SSSR count). The Morgan fingerprint density at radius 3 is 2.42 bits per heavy atom. The predicted molar refractivity (Wildman–Crippen MR) is 123 cm³/mol. The van der Waals surface area contributed by atoms with Gasteiger partial charge in [0.2, 0.25) is 5.91 Å². The highest BCUT2D eigenvalue weighted by Gasteiger charge is 2.38. The quantitative estimate of drug-likeness (QED) is 0.651. The van der Waals surface area contributed by atoms with Gasteiger partial charge in [0, 0.05) is 38.6 Å². The zero-order chi connectivity index (χ0) is 23.0. The predicted octanol–water partition coefficient (Wildman–Crippen LogP) is 2.26. The molecule has 0 saturated carbocycles. The van der Waals surface area contributed by atoms with Crippen molar-refractivity contribution in [2.45, 2.75) is 39.2 Å². The van der Waals surface area contributed by atoms with Crippen LogP contribution < -0.4 is 5.32 Å². The monoisotopic (exact) mass is 430 g/mol. The Hall–Kier alpha value is -2.25. The molecule has 0 spiro atoms. The number of hydrogen-bond donors (Lipinski definition) is 1. The van der Waals surface area contributed by atoms with Crippen molar-refractivity contribution >= 4 is 17.7 Å². The molecule has 1 N–H and O–H groups in total. The Kier molecular flexibility index (Phi) is 9.65. The van der Waals surface area contributed by atoms with Crippen LogP contribution in [0, 0.1) is 11.8 Å². The van der Waals surface area contributed by atoms with Gasteiger partial charge in [0.15, 0.2) is 0 Å². The van der Waals surface area contributed by atoms with Gasteiger partial charge in [-0.25, -0.2) is 4.79 Å². The molecule has 0 aromatic heterocycles. The molecule has 172 valence electrons. The van der Waals surface area contributed by atoms with Gasteiger partial charge in [-0.1, -0.05) is 30.3 Å². The summed E-state index contributed by atoms with van der Waals surface area (Å²) in [7, 11) is 5.88. The zero-order valence-corrected chi connectivity index (χ0v) is 19.6. The number of nitrogens with one attached hydrogen (secondary N) is 1. The van der Waals surface area contributed by atoms with Crippen LogP contribution in [0.4, 0.5) is 4.79 Å². The third-order valence-electron chi connectivity index (χ3n) is 6.19. The Bertz CT molecular complexity index is 738. The van der Waals surface area contributed by atoms with Gasteiger partial charge in [-0.15, -0.1) is 0 Å². The lowest BCUT2D eigenvalue weighted by molar-refractivity contribution is -0.136. The van der Waals surface area contributed by atoms with Crippen LogP contribution in [-0.4, -0.2) is 85.8 Å². The molecule has 1 aromatic carbocycles. The number of rotatable bonds is 9. The van der Waals surface area contributed by atoms with Crippen molar-refractivity contribution in [2.24, 2.45) is 11.8 Å². The second-order valence-corrected chi connectivity index (χ2v) is 9.04. The van der Waals surface area contributed by atoms with E-state index in [9.17, 15) is 14.4 Å². The average Bonchev–Trinajstić information content (AvgIpc) is 2.71. The van der Waals surface area contributed by atoms with Crippen molar-refractivity contribution in [3.63, 3.8) is 0 Å². The molecule has 7 nitrogen and oxygen atoms in total. The van der Waals surface area contributed by atoms with Gasteiger partial charge in [-0.05, 0) is 59.3 Å². The number of imide groups is 1. The van der Waals surface area contributed by atoms with E-state index < -0.39 is 0 Å². The van der Waals surface area contributed by atoms with Crippen LogP contribution in [0.5, 0.6) is 0 Å². The van der Waals surface area contributed by atoms with Gasteiger partial charge in [0.25, 0.3) is 0 Å². The topological polar surface area (TPSA) is 73.0 Å². The van der Waals surface area contributed by atoms with E-state index in [0.29, 0.717) is 45.4 Å². The number of ketones is 1. The molecule has 1 aliphatic rings. The summed E-state index contributed by atoms with van der Waals surface area (Å²) < 4.78 is 0. The van der Waals surface area contributed by atoms with Crippen molar-refractivity contribution in [3.05, 3.63) is 35.9 Å². The summed E-state index contributed by atoms with van der Waals surface area (Å²) >= 11 is 0. The number of benzene rings is 1. The first-order valence-corrected chi connectivity index (χ1v) is 11.2. The van der Waals surface area contributed by atoms with E-state index in [-0.39, 0.29) is 35.6 Å². The number of urea groups is 1. The van der Waals surface area contributed by atoms with Gasteiger partial charge in [0.1, 0.15) is 5.78 Å². The third kappa shape index (κ3) is 7.74. The molecule has 1 heterocycles. The maximum absolute atomic E-state index is 13.5. The van der Waals surface area contributed by atoms with Crippen molar-refractivity contribution in [3.8, 4) is 0 Å². The lowest BCUT2D eigenvalue weighted by Gasteiger charge is -2.41. The highest BCUT2D eigenvalue weighted by molar-refractivity contribution is 5.95. The minimum Gasteiger partial charge on any atom is -0.336 e. The summed E-state index contributed by atoms with van der Waals surface area (Å²) in [5.74, 6) is -0.176. The smallest absolute Gasteiger partial charge is 0.324 e. The number of carbonyl (C=O) groups is 3. The van der Waals surface area contributed by atoms with Crippen LogP contribution in [-0.2, 0) is 16.0 Å². The van der Waals surface area contributed by atoms with Crippen LogP contribution in [0.25, 0.3) is 0 Å². The van der Waals surface area contributed by atoms with Crippen molar-refractivity contribution < 1.29 is 14.4 Å². The molecule has 1 fully saturated rings. The van der Waals surface area contributed by atoms with E-state index in [0.717, 1.165) is 5.56 Å². The minimum atomic E-state index is -0.341. The standard InChI is InChI=1S/C24H38N4O3/c1-18(29)15-21-16-22(17-27(5)19(21)2)23(30)28(24(31)25-12-14-26(3)4)13-11-20-9-7-6-8-10-20/h6-10,19,21-22H,11-17H2,1-5H3,(H,25,31)/t19-,21+,22-/m1/s1. The van der Waals surface area contributed by atoms with Gasteiger partial charge in [-0.3, -0.25) is 9.69 Å². The molecule has 0 bridgehead atoms. The number of amides is 3. The SMILES string of the molecule is CC(=O)C[C@H]1C[C@@H](C(=O)N(CCc2ccccc2)C(=O)NCCN(C)C)CN(C)[C@@H]1C. The molecule has 0 radical (unpaired) electrons. The molecule has 1 saturated heterocycles. The van der Waals surface area contributed by atoms with Crippen molar-refractivity contribution in [1.82, 2.24) is 20.0 Å². The lowest BCUT2D eigenvalue weighted by Crippen LogP contribution is -2.54. The number of hydrogen-bond acceptors (Lipinski definition) is 5. The molecular formula is C24H38N4O3. The summed E-state index contributed by atoms with van der Waals surface area (Å²) in [6, 6.07) is 9.78. The van der Waals surface area contributed by atoms with E-state index in [1.165, 1.54) is 4.90 Å². The van der Waals surface area contributed by atoms with Crippen LogP contribution >= 0.6 is 0 Å². The molecule has 31 heavy (non-hydrogen) atoms. The van der Waals surface area contributed by atoms with E-state index in [2.05, 4.69) is 17.1 Å². The van der Waals surface area contributed by atoms with Crippen molar-refractivity contribution in [2.75, 3.05) is 47.3 Å². The summed E-state index contributed by atoms with van der Waals surface area (Å²) in [6.07, 6.45) is 1.72. The summed E-state index contributed by atoms with van der Waals surface area (Å²) in [4.78, 5) is 43.7. The summed E-state index contributed by atoms with van der Waals surface area (Å²) in [6.45, 7) is 5.83. The summed E-state index contributed by atoms with van der Waals surface area (Å²) in [5.41, 5.74) is 1.09. The van der Waals surface area contributed by atoms with E-state index in [4.69, 9.17) is 0 Å². The molecule has 3 amide bonds. The highest BCUT2D eigenvalue weighted by Crippen LogP contribution is 2.30. The second-order valence-electron chi connectivity index (χ2n) is 9.04. The maximum Gasteiger partial charge on any atom is 0.324 e. The maximum atomic E-state index is 13.5. The van der Waals surface area contributed by atoms with Gasteiger partial charge >= 0.3 is 6.03 Å².